The van der Waals surface area contributed by atoms with Crippen LogP contribution in [0.4, 0.5) is 0 Å². The highest BCUT2D eigenvalue weighted by Gasteiger charge is 2.26. The van der Waals surface area contributed by atoms with E-state index in [1.165, 1.54) is 0 Å². The molecule has 0 radical (unpaired) electrons. The van der Waals surface area contributed by atoms with E-state index in [2.05, 4.69) is 0 Å². The lowest BCUT2D eigenvalue weighted by atomic mass is 9.94. The van der Waals surface area contributed by atoms with Gasteiger partial charge in [0.2, 0.25) is 0 Å². The highest BCUT2D eigenvalue weighted by Crippen LogP contribution is 2.24. The van der Waals surface area contributed by atoms with Gasteiger partial charge in [-0.3, -0.25) is 0 Å². The van der Waals surface area contributed by atoms with Crippen molar-refractivity contribution < 1.29 is 9.84 Å². The Morgan fingerprint density at radius 1 is 1.33 bits per heavy atom. The predicted molar refractivity (Wildman–Crippen MR) is 74.7 cm³/mol. The van der Waals surface area contributed by atoms with E-state index in [4.69, 9.17) is 10.5 Å². The second kappa shape index (κ2) is 5.72. The summed E-state index contributed by atoms with van der Waals surface area (Å²) in [6.45, 7) is 10.0. The third-order valence-corrected chi connectivity index (χ3v) is 3.49. The van der Waals surface area contributed by atoms with E-state index in [1.807, 2.05) is 45.9 Å². The summed E-state index contributed by atoms with van der Waals surface area (Å²) in [6.07, 6.45) is 0. The first-order chi connectivity index (χ1) is 8.24. The molecule has 3 N–H and O–H groups in total. The van der Waals surface area contributed by atoms with Crippen LogP contribution in [0.25, 0.3) is 0 Å². The molecule has 1 rings (SSSR count). The Bertz CT molecular complexity index is 397. The average Bonchev–Trinajstić information content (AvgIpc) is 2.26. The summed E-state index contributed by atoms with van der Waals surface area (Å²) < 4.78 is 5.71. The molecule has 0 aliphatic heterocycles. The summed E-state index contributed by atoms with van der Waals surface area (Å²) in [5.74, 6) is 0.960. The SMILES string of the molecule is Cc1cc(C(C)N)ccc1OCC(C)(O)C(C)C. The summed E-state index contributed by atoms with van der Waals surface area (Å²) in [5.41, 5.74) is 7.16. The lowest BCUT2D eigenvalue weighted by Gasteiger charge is -2.28. The molecule has 0 bridgehead atoms. The predicted octanol–water partition coefficient (Wildman–Crippen LogP) is 2.80. The van der Waals surface area contributed by atoms with Gasteiger partial charge < -0.3 is 15.6 Å². The van der Waals surface area contributed by atoms with Gasteiger partial charge in [0.05, 0.1) is 5.60 Å². The van der Waals surface area contributed by atoms with E-state index in [9.17, 15) is 5.11 Å². The number of ether oxygens (including phenoxy) is 1. The first kappa shape index (κ1) is 15.0. The van der Waals surface area contributed by atoms with Crippen LogP contribution in [0, 0.1) is 12.8 Å². The number of aryl methyl sites for hydroxylation is 1. The van der Waals surface area contributed by atoms with Crippen molar-refractivity contribution in [2.24, 2.45) is 11.7 Å². The van der Waals surface area contributed by atoms with Crippen LogP contribution in [0.15, 0.2) is 18.2 Å². The largest absolute Gasteiger partial charge is 0.490 e. The van der Waals surface area contributed by atoms with Crippen molar-refractivity contribution in [3.05, 3.63) is 29.3 Å². The minimum atomic E-state index is -0.813. The van der Waals surface area contributed by atoms with Gasteiger partial charge in [-0.05, 0) is 43.9 Å². The summed E-state index contributed by atoms with van der Waals surface area (Å²) >= 11 is 0. The molecule has 0 saturated carbocycles. The molecule has 18 heavy (non-hydrogen) atoms. The quantitative estimate of drug-likeness (QED) is 0.846. The van der Waals surface area contributed by atoms with Gasteiger partial charge in [0.15, 0.2) is 0 Å². The van der Waals surface area contributed by atoms with Crippen LogP contribution in [0.5, 0.6) is 5.75 Å². The Kier molecular flexibility index (Phi) is 4.77. The Labute approximate surface area is 110 Å². The van der Waals surface area contributed by atoms with Gasteiger partial charge in [-0.25, -0.2) is 0 Å². The molecule has 0 spiro atoms. The van der Waals surface area contributed by atoms with Gasteiger partial charge >= 0.3 is 0 Å². The number of aliphatic hydroxyl groups is 1. The summed E-state index contributed by atoms with van der Waals surface area (Å²) in [5, 5.41) is 10.1. The van der Waals surface area contributed by atoms with Gasteiger partial charge in [0.1, 0.15) is 12.4 Å². The zero-order valence-corrected chi connectivity index (χ0v) is 12.0. The van der Waals surface area contributed by atoms with Gasteiger partial charge in [0, 0.05) is 6.04 Å². The normalized spacial score (nSPS) is 16.4. The van der Waals surface area contributed by atoms with Crippen LogP contribution in [0.2, 0.25) is 0 Å². The van der Waals surface area contributed by atoms with E-state index in [1.54, 1.807) is 6.92 Å². The standard InChI is InChI=1S/C15H25NO2/c1-10(2)15(5,17)9-18-14-7-6-13(12(4)16)8-11(14)3/h6-8,10,12,17H,9,16H2,1-5H3. The van der Waals surface area contributed by atoms with E-state index in [-0.39, 0.29) is 12.0 Å². The monoisotopic (exact) mass is 251 g/mol. The average molecular weight is 251 g/mol. The molecule has 0 aliphatic carbocycles. The smallest absolute Gasteiger partial charge is 0.122 e. The van der Waals surface area contributed by atoms with Crippen LogP contribution in [-0.2, 0) is 0 Å². The Balaban J connectivity index is 2.75. The molecule has 0 fully saturated rings. The van der Waals surface area contributed by atoms with E-state index in [0.29, 0.717) is 6.61 Å². The number of rotatable bonds is 5. The van der Waals surface area contributed by atoms with Gasteiger partial charge in [-0.1, -0.05) is 26.0 Å². The van der Waals surface area contributed by atoms with E-state index < -0.39 is 5.60 Å². The Hall–Kier alpha value is -1.06. The fourth-order valence-electron chi connectivity index (χ4n) is 1.51. The summed E-state index contributed by atoms with van der Waals surface area (Å²) in [4.78, 5) is 0. The fourth-order valence-corrected chi connectivity index (χ4v) is 1.51. The number of hydrogen-bond acceptors (Lipinski definition) is 3. The third-order valence-electron chi connectivity index (χ3n) is 3.49. The molecule has 0 heterocycles. The van der Waals surface area contributed by atoms with Gasteiger partial charge in [0.25, 0.3) is 0 Å². The van der Waals surface area contributed by atoms with E-state index >= 15 is 0 Å². The van der Waals surface area contributed by atoms with Crippen molar-refractivity contribution in [2.75, 3.05) is 6.61 Å². The topological polar surface area (TPSA) is 55.5 Å². The number of benzene rings is 1. The molecule has 0 aromatic heterocycles. The maximum Gasteiger partial charge on any atom is 0.122 e. The molecule has 3 nitrogen and oxygen atoms in total. The van der Waals surface area contributed by atoms with Crippen molar-refractivity contribution in [2.45, 2.75) is 46.3 Å². The Morgan fingerprint density at radius 2 is 1.94 bits per heavy atom. The molecule has 2 atom stereocenters. The van der Waals surface area contributed by atoms with Crippen LogP contribution >= 0.6 is 0 Å². The summed E-state index contributed by atoms with van der Waals surface area (Å²) in [6, 6.07) is 5.95. The highest BCUT2D eigenvalue weighted by atomic mass is 16.5. The molecule has 2 unspecified atom stereocenters. The van der Waals surface area contributed by atoms with E-state index in [0.717, 1.165) is 16.9 Å². The van der Waals surface area contributed by atoms with Crippen LogP contribution < -0.4 is 10.5 Å². The zero-order chi connectivity index (χ0) is 13.9. The van der Waals surface area contributed by atoms with Crippen molar-refractivity contribution in [1.82, 2.24) is 0 Å². The molecule has 3 heteroatoms. The first-order valence-electron chi connectivity index (χ1n) is 6.45. The van der Waals surface area contributed by atoms with Crippen molar-refractivity contribution in [3.8, 4) is 5.75 Å². The maximum atomic E-state index is 10.1. The van der Waals surface area contributed by atoms with Gasteiger partial charge in [-0.2, -0.15) is 0 Å². The minimum Gasteiger partial charge on any atom is -0.490 e. The molecule has 0 saturated heterocycles. The highest BCUT2D eigenvalue weighted by molar-refractivity contribution is 5.37. The number of hydrogen-bond donors (Lipinski definition) is 2. The lowest BCUT2D eigenvalue weighted by Crippen LogP contribution is -2.37. The maximum absolute atomic E-state index is 10.1. The molecule has 102 valence electrons. The van der Waals surface area contributed by atoms with Crippen LogP contribution in [-0.4, -0.2) is 17.3 Å². The van der Waals surface area contributed by atoms with Crippen molar-refractivity contribution in [1.29, 1.82) is 0 Å². The minimum absolute atomic E-state index is 0.0246. The van der Waals surface area contributed by atoms with Gasteiger partial charge in [-0.15, -0.1) is 0 Å². The second-order valence-electron chi connectivity index (χ2n) is 5.61. The molecular weight excluding hydrogens is 226 g/mol. The summed E-state index contributed by atoms with van der Waals surface area (Å²) in [7, 11) is 0. The van der Waals surface area contributed by atoms with Crippen molar-refractivity contribution in [3.63, 3.8) is 0 Å². The first-order valence-corrected chi connectivity index (χ1v) is 6.45. The third kappa shape index (κ3) is 3.72. The lowest BCUT2D eigenvalue weighted by molar-refractivity contribution is -0.0268. The molecule has 0 amide bonds. The number of nitrogens with two attached hydrogens (primary N) is 1. The second-order valence-corrected chi connectivity index (χ2v) is 5.61. The van der Waals surface area contributed by atoms with Crippen LogP contribution in [0.1, 0.15) is 44.9 Å². The fraction of sp³-hybridized carbons (Fsp3) is 0.600. The molecular formula is C15H25NO2. The molecule has 0 aliphatic rings. The van der Waals surface area contributed by atoms with Crippen molar-refractivity contribution >= 4 is 0 Å². The molecule has 1 aromatic carbocycles. The molecule has 1 aromatic rings. The zero-order valence-electron chi connectivity index (χ0n) is 12.0. The Morgan fingerprint density at radius 3 is 2.39 bits per heavy atom. The van der Waals surface area contributed by atoms with Crippen LogP contribution in [0.3, 0.4) is 0 Å².